The Morgan fingerprint density at radius 1 is 1.09 bits per heavy atom. The van der Waals surface area contributed by atoms with Crippen LogP contribution in [-0.2, 0) is 6.42 Å². The van der Waals surface area contributed by atoms with Crippen molar-refractivity contribution in [2.24, 2.45) is 0 Å². The van der Waals surface area contributed by atoms with Gasteiger partial charge in [0.05, 0.1) is 17.9 Å². The Hall–Kier alpha value is -2.32. The first kappa shape index (κ1) is 25.3. The summed E-state index contributed by atoms with van der Waals surface area (Å²) in [5.41, 5.74) is 1.84. The van der Waals surface area contributed by atoms with Crippen molar-refractivity contribution in [3.63, 3.8) is 0 Å². The average molecular weight is 472 g/mol. The maximum atomic E-state index is 13.0. The van der Waals surface area contributed by atoms with Gasteiger partial charge >= 0.3 is 0 Å². The van der Waals surface area contributed by atoms with Crippen molar-refractivity contribution in [3.8, 4) is 17.1 Å². The number of aromatic amines is 1. The predicted octanol–water partition coefficient (Wildman–Crippen LogP) is 5.65. The number of aryl methyl sites for hydroxylation is 2. The van der Waals surface area contributed by atoms with Crippen molar-refractivity contribution >= 4 is 17.5 Å². The monoisotopic (exact) mass is 471 g/mol. The molecule has 8 heteroatoms. The third-order valence-corrected chi connectivity index (χ3v) is 6.44. The molecule has 33 heavy (non-hydrogen) atoms. The van der Waals surface area contributed by atoms with Crippen molar-refractivity contribution in [2.75, 3.05) is 19.7 Å². The van der Waals surface area contributed by atoms with Crippen LogP contribution in [0.5, 0.6) is 5.75 Å². The van der Waals surface area contributed by atoms with Crippen LogP contribution in [0.15, 0.2) is 27.9 Å². The molecule has 1 N–H and O–H groups in total. The highest BCUT2D eigenvalue weighted by atomic mass is 32.2. The van der Waals surface area contributed by atoms with E-state index in [0.717, 1.165) is 60.8 Å². The van der Waals surface area contributed by atoms with Crippen molar-refractivity contribution in [3.05, 3.63) is 40.1 Å². The van der Waals surface area contributed by atoms with Gasteiger partial charge in [-0.05, 0) is 62.8 Å². The fraction of sp³-hybridized carbons (Fsp3) is 0.560. The van der Waals surface area contributed by atoms with E-state index in [1.54, 1.807) is 16.5 Å². The second kappa shape index (κ2) is 12.2. The molecule has 2 aromatic heterocycles. The highest BCUT2D eigenvalue weighted by Gasteiger charge is 2.18. The van der Waals surface area contributed by atoms with Gasteiger partial charge in [-0.25, -0.2) is 13.8 Å². The number of rotatable bonds is 13. The van der Waals surface area contributed by atoms with Crippen LogP contribution in [0, 0.1) is 6.92 Å². The molecule has 0 saturated heterocycles. The molecule has 3 rings (SSSR count). The lowest BCUT2D eigenvalue weighted by atomic mass is 10.2. The number of H-pyrrole nitrogens is 1. The molecule has 0 aliphatic rings. The van der Waals surface area contributed by atoms with E-state index in [0.29, 0.717) is 23.6 Å². The highest BCUT2D eigenvalue weighted by molar-refractivity contribution is 7.97. The van der Waals surface area contributed by atoms with Crippen molar-refractivity contribution in [1.82, 2.24) is 23.9 Å². The lowest BCUT2D eigenvalue weighted by molar-refractivity contribution is 0.318. The summed E-state index contributed by atoms with van der Waals surface area (Å²) < 4.78 is 10.2. The smallest absolute Gasteiger partial charge is 0.277 e. The molecule has 0 unspecified atom stereocenters. The first-order chi connectivity index (χ1) is 16.0. The molecule has 1 aromatic carbocycles. The molecule has 0 saturated carbocycles. The van der Waals surface area contributed by atoms with E-state index in [1.165, 1.54) is 12.8 Å². The zero-order valence-electron chi connectivity index (χ0n) is 20.6. The predicted molar refractivity (Wildman–Crippen MR) is 136 cm³/mol. The zero-order valence-corrected chi connectivity index (χ0v) is 21.4. The van der Waals surface area contributed by atoms with Gasteiger partial charge < -0.3 is 9.72 Å². The first-order valence-corrected chi connectivity index (χ1v) is 13.0. The summed E-state index contributed by atoms with van der Waals surface area (Å²) >= 11 is 1.76. The number of nitrogens with zero attached hydrogens (tertiary/aromatic N) is 4. The topological polar surface area (TPSA) is 75.5 Å². The van der Waals surface area contributed by atoms with E-state index in [4.69, 9.17) is 9.84 Å². The Morgan fingerprint density at radius 2 is 1.91 bits per heavy atom. The second-order valence-electron chi connectivity index (χ2n) is 8.31. The summed E-state index contributed by atoms with van der Waals surface area (Å²) in [5.74, 6) is 2.05. The number of hydrogen-bond donors (Lipinski definition) is 1. The number of hydrogen-bond acceptors (Lipinski definition) is 6. The van der Waals surface area contributed by atoms with Gasteiger partial charge in [0.15, 0.2) is 11.3 Å². The van der Waals surface area contributed by atoms with Gasteiger partial charge in [0.1, 0.15) is 11.6 Å². The third-order valence-electron chi connectivity index (χ3n) is 5.35. The first-order valence-electron chi connectivity index (χ1n) is 12.2. The largest absolute Gasteiger partial charge is 0.493 e. The number of imidazole rings is 1. The summed E-state index contributed by atoms with van der Waals surface area (Å²) in [6.45, 7) is 13.2. The standard InChI is InChI=1S/C25H37N5O2S/c1-6-10-15-29(14-8-3)33-19-12-13-21(32-16-9-4)20(17-19)24-27-25(31)23-18(5)26-22(11-7-2)30(23)28-24/h12-13,17H,6-11,14-16H2,1-5H3,(H,27,28,31). The molecular formula is C25H37N5O2S. The Balaban J connectivity index is 2.07. The van der Waals surface area contributed by atoms with Crippen LogP contribution in [0.3, 0.4) is 0 Å². The zero-order chi connectivity index (χ0) is 23.8. The molecule has 3 aromatic rings. The normalized spacial score (nSPS) is 11.6. The van der Waals surface area contributed by atoms with E-state index in [2.05, 4.69) is 54.1 Å². The highest BCUT2D eigenvalue weighted by Crippen LogP contribution is 2.34. The summed E-state index contributed by atoms with van der Waals surface area (Å²) in [6.07, 6.45) is 6.05. The quantitative estimate of drug-likeness (QED) is 0.325. The minimum absolute atomic E-state index is 0.178. The average Bonchev–Trinajstić information content (AvgIpc) is 3.12. The molecule has 180 valence electrons. The van der Waals surface area contributed by atoms with Gasteiger partial charge in [-0.3, -0.25) is 4.79 Å². The Morgan fingerprint density at radius 3 is 2.61 bits per heavy atom. The van der Waals surface area contributed by atoms with Gasteiger partial charge in [0.2, 0.25) is 0 Å². The van der Waals surface area contributed by atoms with E-state index in [1.807, 2.05) is 13.0 Å². The van der Waals surface area contributed by atoms with Crippen LogP contribution in [0.2, 0.25) is 0 Å². The van der Waals surface area contributed by atoms with Crippen LogP contribution >= 0.6 is 11.9 Å². The molecule has 0 atom stereocenters. The third kappa shape index (κ3) is 6.18. The molecule has 0 amide bonds. The SMILES string of the molecule is CCCCN(CCC)Sc1ccc(OCCC)c(-c2nn3c(CCC)nc(C)c3c(=O)[nH]2)c1. The van der Waals surface area contributed by atoms with Crippen molar-refractivity contribution < 1.29 is 4.74 Å². The van der Waals surface area contributed by atoms with Crippen LogP contribution in [-0.4, -0.2) is 43.6 Å². The fourth-order valence-electron chi connectivity index (χ4n) is 3.77. The minimum atomic E-state index is -0.178. The number of aromatic nitrogens is 4. The van der Waals surface area contributed by atoms with Crippen molar-refractivity contribution in [2.45, 2.75) is 78.0 Å². The van der Waals surface area contributed by atoms with E-state index in [9.17, 15) is 4.79 Å². The lowest BCUT2D eigenvalue weighted by Gasteiger charge is -2.21. The summed E-state index contributed by atoms with van der Waals surface area (Å²) in [5, 5.41) is 4.82. The fourth-order valence-corrected chi connectivity index (χ4v) is 4.86. The van der Waals surface area contributed by atoms with Crippen molar-refractivity contribution in [1.29, 1.82) is 0 Å². The van der Waals surface area contributed by atoms with E-state index in [-0.39, 0.29) is 5.56 Å². The molecule has 0 aliphatic carbocycles. The minimum Gasteiger partial charge on any atom is -0.493 e. The van der Waals surface area contributed by atoms with Gasteiger partial charge in [0, 0.05) is 24.4 Å². The van der Waals surface area contributed by atoms with Crippen LogP contribution in [0.1, 0.15) is 71.3 Å². The number of unbranched alkanes of at least 4 members (excludes halogenated alkanes) is 1. The van der Waals surface area contributed by atoms with Gasteiger partial charge in [0.25, 0.3) is 5.56 Å². The van der Waals surface area contributed by atoms with Gasteiger partial charge in [-0.1, -0.05) is 34.1 Å². The number of nitrogens with one attached hydrogen (secondary N) is 1. The van der Waals surface area contributed by atoms with Crippen LogP contribution < -0.4 is 10.3 Å². The molecule has 0 aliphatic heterocycles. The van der Waals surface area contributed by atoms with Gasteiger partial charge in [-0.15, -0.1) is 5.10 Å². The Bertz CT molecular complexity index is 1110. The Kier molecular flexibility index (Phi) is 9.38. The van der Waals surface area contributed by atoms with E-state index >= 15 is 0 Å². The second-order valence-corrected chi connectivity index (χ2v) is 9.48. The maximum absolute atomic E-state index is 13.0. The number of fused-ring (bicyclic) bond motifs is 1. The molecule has 0 radical (unpaired) electrons. The molecule has 0 spiro atoms. The molecule has 0 bridgehead atoms. The lowest BCUT2D eigenvalue weighted by Crippen LogP contribution is -2.18. The molecule has 2 heterocycles. The number of benzene rings is 1. The molecule has 7 nitrogen and oxygen atoms in total. The van der Waals surface area contributed by atoms with Crippen LogP contribution in [0.25, 0.3) is 16.9 Å². The summed E-state index contributed by atoms with van der Waals surface area (Å²) in [7, 11) is 0. The maximum Gasteiger partial charge on any atom is 0.277 e. The molecule has 0 fully saturated rings. The van der Waals surface area contributed by atoms with Gasteiger partial charge in [-0.2, -0.15) is 0 Å². The molecular weight excluding hydrogens is 434 g/mol. The van der Waals surface area contributed by atoms with E-state index < -0.39 is 0 Å². The summed E-state index contributed by atoms with van der Waals surface area (Å²) in [6, 6.07) is 6.17. The number of ether oxygens (including phenoxy) is 1. The summed E-state index contributed by atoms with van der Waals surface area (Å²) in [4.78, 5) is 21.7. The van der Waals surface area contributed by atoms with Crippen LogP contribution in [0.4, 0.5) is 0 Å². The Labute approximate surface area is 201 Å².